The molecule has 80 valence electrons. The molecule has 0 aromatic heterocycles. The van der Waals surface area contributed by atoms with Crippen molar-refractivity contribution in [1.29, 1.82) is 0 Å². The van der Waals surface area contributed by atoms with Crippen molar-refractivity contribution in [2.75, 3.05) is 26.7 Å². The smallest absolute Gasteiger partial charge is 0.336 e. The third kappa shape index (κ3) is 1.64. The highest BCUT2D eigenvalue weighted by Crippen LogP contribution is 2.47. The molecule has 0 aromatic rings. The van der Waals surface area contributed by atoms with Crippen molar-refractivity contribution >= 4 is 5.97 Å². The number of carbonyl (C=O) groups is 1. The quantitative estimate of drug-likeness (QED) is 0.650. The van der Waals surface area contributed by atoms with Gasteiger partial charge in [0.1, 0.15) is 0 Å². The van der Waals surface area contributed by atoms with Crippen LogP contribution in [0.2, 0.25) is 0 Å². The lowest BCUT2D eigenvalue weighted by Gasteiger charge is -2.56. The van der Waals surface area contributed by atoms with Gasteiger partial charge in [0, 0.05) is 19.6 Å². The average Bonchev–Trinajstić information content (AvgIpc) is 2.05. The van der Waals surface area contributed by atoms with Crippen molar-refractivity contribution < 1.29 is 14.6 Å². The Bertz CT molecular complexity index is 230. The Labute approximate surface area is 83.8 Å². The number of aliphatic hydroxyl groups is 1. The second-order valence-electron chi connectivity index (χ2n) is 4.56. The number of aliphatic hydroxyl groups excluding tert-OH is 1. The molecule has 14 heavy (non-hydrogen) atoms. The summed E-state index contributed by atoms with van der Waals surface area (Å²) in [5, 5.41) is 9.40. The van der Waals surface area contributed by atoms with Crippen LogP contribution in [0, 0.1) is 5.41 Å². The Hall–Kier alpha value is -0.610. The first-order valence-electron chi connectivity index (χ1n) is 5.13. The predicted molar refractivity (Wildman–Crippen MR) is 50.7 cm³/mol. The molecule has 1 aliphatic heterocycles. The Kier molecular flexibility index (Phi) is 2.49. The van der Waals surface area contributed by atoms with Gasteiger partial charge in [-0.2, -0.15) is 0 Å². The molecule has 1 saturated heterocycles. The zero-order chi connectivity index (χ0) is 10.2. The van der Waals surface area contributed by atoms with E-state index in [1.54, 1.807) is 0 Å². The number of rotatable bonds is 3. The maximum atomic E-state index is 10.9. The van der Waals surface area contributed by atoms with Crippen LogP contribution in [-0.2, 0) is 9.53 Å². The fourth-order valence-corrected chi connectivity index (χ4v) is 2.48. The first-order chi connectivity index (χ1) is 6.65. The van der Waals surface area contributed by atoms with Crippen LogP contribution >= 0.6 is 0 Å². The van der Waals surface area contributed by atoms with Crippen molar-refractivity contribution in [3.63, 3.8) is 0 Å². The first kappa shape index (κ1) is 9.93. The lowest BCUT2D eigenvalue weighted by Crippen LogP contribution is -2.61. The van der Waals surface area contributed by atoms with E-state index in [2.05, 4.69) is 9.64 Å². The maximum Gasteiger partial charge on any atom is 0.336 e. The Morgan fingerprint density at radius 3 is 2.64 bits per heavy atom. The lowest BCUT2D eigenvalue weighted by atomic mass is 9.63. The van der Waals surface area contributed by atoms with E-state index in [4.69, 9.17) is 0 Å². The van der Waals surface area contributed by atoms with Gasteiger partial charge < -0.3 is 9.84 Å². The number of likely N-dealkylation sites (tertiary alicyclic amines) is 1. The van der Waals surface area contributed by atoms with Crippen molar-refractivity contribution in [3.8, 4) is 0 Å². The number of ether oxygens (including phenoxy) is 1. The molecule has 1 heterocycles. The molecule has 0 radical (unpaired) electrons. The zero-order valence-electron chi connectivity index (χ0n) is 8.53. The second kappa shape index (κ2) is 3.51. The molecule has 1 aliphatic carbocycles. The van der Waals surface area contributed by atoms with Crippen LogP contribution in [-0.4, -0.2) is 48.8 Å². The largest absolute Gasteiger partial charge is 0.467 e. The summed E-state index contributed by atoms with van der Waals surface area (Å²) >= 11 is 0. The minimum atomic E-state index is -0.975. The molecule has 4 heteroatoms. The van der Waals surface area contributed by atoms with E-state index >= 15 is 0 Å². The zero-order valence-corrected chi connectivity index (χ0v) is 8.53. The number of carbonyl (C=O) groups excluding carboxylic acids is 1. The van der Waals surface area contributed by atoms with Gasteiger partial charge in [0.05, 0.1) is 7.11 Å². The topological polar surface area (TPSA) is 49.8 Å². The van der Waals surface area contributed by atoms with Crippen molar-refractivity contribution in [1.82, 2.24) is 4.90 Å². The Balaban J connectivity index is 1.70. The Morgan fingerprint density at radius 1 is 1.57 bits per heavy atom. The first-order valence-corrected chi connectivity index (χ1v) is 5.13. The minimum absolute atomic E-state index is 0.425. The molecule has 0 aromatic carbocycles. The van der Waals surface area contributed by atoms with Crippen LogP contribution < -0.4 is 0 Å². The predicted octanol–water partition coefficient (Wildman–Crippen LogP) is 0.00620. The number of β-amino-alcohol motifs (C(OH)–C–C–N with tert-alkyl or cyclic N) is 1. The van der Waals surface area contributed by atoms with Gasteiger partial charge in [-0.05, 0) is 18.3 Å². The molecule has 1 N–H and O–H groups in total. The van der Waals surface area contributed by atoms with E-state index in [9.17, 15) is 9.90 Å². The average molecular weight is 199 g/mol. The normalized spacial score (nSPS) is 26.4. The second-order valence-corrected chi connectivity index (χ2v) is 4.56. The molecular formula is C10H17NO3. The molecule has 0 bridgehead atoms. The minimum Gasteiger partial charge on any atom is -0.467 e. The number of methoxy groups -OCH3 is 1. The highest BCUT2D eigenvalue weighted by atomic mass is 16.5. The fraction of sp³-hybridized carbons (Fsp3) is 0.900. The molecule has 1 saturated carbocycles. The van der Waals surface area contributed by atoms with Gasteiger partial charge in [0.2, 0.25) is 0 Å². The summed E-state index contributed by atoms with van der Waals surface area (Å²) in [7, 11) is 1.30. The van der Waals surface area contributed by atoms with Crippen LogP contribution in [0.15, 0.2) is 0 Å². The standard InChI is InChI=1S/C10H17NO3/c1-14-9(13)8(12)5-11-6-10(7-11)3-2-4-10/h8,12H,2-7H2,1H3. The lowest BCUT2D eigenvalue weighted by molar-refractivity contribution is -0.154. The number of hydrogen-bond acceptors (Lipinski definition) is 4. The van der Waals surface area contributed by atoms with E-state index in [1.807, 2.05) is 0 Å². The molecule has 0 amide bonds. The monoisotopic (exact) mass is 199 g/mol. The van der Waals surface area contributed by atoms with Gasteiger partial charge in [-0.15, -0.1) is 0 Å². The van der Waals surface area contributed by atoms with Gasteiger partial charge in [0.15, 0.2) is 6.10 Å². The van der Waals surface area contributed by atoms with E-state index in [0.717, 1.165) is 13.1 Å². The van der Waals surface area contributed by atoms with Crippen molar-refractivity contribution in [3.05, 3.63) is 0 Å². The third-order valence-corrected chi connectivity index (χ3v) is 3.44. The number of hydrogen-bond donors (Lipinski definition) is 1. The van der Waals surface area contributed by atoms with Gasteiger partial charge >= 0.3 is 5.97 Å². The number of nitrogens with zero attached hydrogens (tertiary/aromatic N) is 1. The summed E-state index contributed by atoms with van der Waals surface area (Å²) in [5.74, 6) is -0.528. The molecule has 2 fully saturated rings. The summed E-state index contributed by atoms with van der Waals surface area (Å²) in [6.45, 7) is 2.51. The molecule has 2 aliphatic rings. The van der Waals surface area contributed by atoms with Crippen molar-refractivity contribution in [2.24, 2.45) is 5.41 Å². The molecule has 4 nitrogen and oxygen atoms in total. The molecule has 1 atom stereocenters. The molecule has 1 spiro atoms. The highest BCUT2D eigenvalue weighted by molar-refractivity contribution is 5.74. The van der Waals surface area contributed by atoms with Gasteiger partial charge in [0.25, 0.3) is 0 Å². The summed E-state index contributed by atoms with van der Waals surface area (Å²) in [6, 6.07) is 0. The van der Waals surface area contributed by atoms with Crippen LogP contribution in [0.25, 0.3) is 0 Å². The van der Waals surface area contributed by atoms with Gasteiger partial charge in [-0.25, -0.2) is 4.79 Å². The Morgan fingerprint density at radius 2 is 2.21 bits per heavy atom. The van der Waals surface area contributed by atoms with E-state index in [0.29, 0.717) is 12.0 Å². The van der Waals surface area contributed by atoms with Gasteiger partial charge in [-0.3, -0.25) is 4.90 Å². The van der Waals surface area contributed by atoms with Crippen LogP contribution in [0.4, 0.5) is 0 Å². The fourth-order valence-electron chi connectivity index (χ4n) is 2.48. The summed E-state index contributed by atoms with van der Waals surface area (Å²) < 4.78 is 4.46. The summed E-state index contributed by atoms with van der Waals surface area (Å²) in [6.07, 6.45) is 3.00. The maximum absolute atomic E-state index is 10.9. The van der Waals surface area contributed by atoms with E-state index < -0.39 is 12.1 Å². The summed E-state index contributed by atoms with van der Waals surface area (Å²) in [4.78, 5) is 13.1. The van der Waals surface area contributed by atoms with Crippen LogP contribution in [0.5, 0.6) is 0 Å². The summed E-state index contributed by atoms with van der Waals surface area (Å²) in [5.41, 5.74) is 0.551. The number of esters is 1. The van der Waals surface area contributed by atoms with E-state index in [-0.39, 0.29) is 0 Å². The molecule has 1 unspecified atom stereocenters. The third-order valence-electron chi connectivity index (χ3n) is 3.44. The van der Waals surface area contributed by atoms with E-state index in [1.165, 1.54) is 26.4 Å². The van der Waals surface area contributed by atoms with Crippen LogP contribution in [0.1, 0.15) is 19.3 Å². The molecule has 2 rings (SSSR count). The van der Waals surface area contributed by atoms with Gasteiger partial charge in [-0.1, -0.05) is 6.42 Å². The van der Waals surface area contributed by atoms with Crippen molar-refractivity contribution in [2.45, 2.75) is 25.4 Å². The van der Waals surface area contributed by atoms with Crippen LogP contribution in [0.3, 0.4) is 0 Å². The highest BCUT2D eigenvalue weighted by Gasteiger charge is 2.47. The molecular weight excluding hydrogens is 182 g/mol. The SMILES string of the molecule is COC(=O)C(O)CN1CC2(CCC2)C1.